The Morgan fingerprint density at radius 3 is 2.48 bits per heavy atom. The smallest absolute Gasteiger partial charge is 0.409 e. The number of hydrogen-bond donors (Lipinski definition) is 2. The maximum absolute atomic E-state index is 11.8. The van der Waals surface area contributed by atoms with Crippen molar-refractivity contribution >= 4 is 12.1 Å². The van der Waals surface area contributed by atoms with Crippen molar-refractivity contribution in [2.75, 3.05) is 52.4 Å². The molecular weight excluding hydrogens is 318 g/mol. The molecule has 0 spiro atoms. The average Bonchev–Trinajstić information content (AvgIpc) is 2.63. The van der Waals surface area contributed by atoms with Crippen molar-refractivity contribution in [2.24, 2.45) is 4.99 Å². The largest absolute Gasteiger partial charge is 0.450 e. The maximum atomic E-state index is 11.8. The molecular formula is C18H35N5O2. The molecule has 0 bridgehead atoms. The first kappa shape index (κ1) is 19.8. The molecule has 2 heterocycles. The van der Waals surface area contributed by atoms with E-state index in [1.54, 1.807) is 4.90 Å². The predicted octanol–water partition coefficient (Wildman–Crippen LogP) is 1.65. The van der Waals surface area contributed by atoms with E-state index < -0.39 is 0 Å². The Labute approximate surface area is 152 Å². The normalized spacial score (nSPS) is 20.4. The first-order chi connectivity index (χ1) is 12.2. The number of hydrogen-bond acceptors (Lipinski definition) is 4. The van der Waals surface area contributed by atoms with Gasteiger partial charge in [0.05, 0.1) is 13.2 Å². The summed E-state index contributed by atoms with van der Waals surface area (Å²) in [6.45, 7) is 11.0. The highest BCUT2D eigenvalue weighted by molar-refractivity contribution is 5.80. The Balaban J connectivity index is 1.73. The summed E-state index contributed by atoms with van der Waals surface area (Å²) in [6.07, 6.45) is 5.67. The number of carbonyl (C=O) groups is 1. The third-order valence-electron chi connectivity index (χ3n) is 4.84. The van der Waals surface area contributed by atoms with Gasteiger partial charge < -0.3 is 25.2 Å². The number of nitrogens with one attached hydrogen (secondary N) is 2. The molecule has 144 valence electrons. The standard InChI is InChI=1S/C18H35N5O2/c1-3-19-17(20-10-15-22-11-6-5-7-12-22)21-16-8-13-23(14-9-16)18(24)25-4-2/h16H,3-15H2,1-2H3,(H2,19,20,21). The first-order valence-electron chi connectivity index (χ1n) is 9.91. The summed E-state index contributed by atoms with van der Waals surface area (Å²) in [5.41, 5.74) is 0. The van der Waals surface area contributed by atoms with Gasteiger partial charge in [0.2, 0.25) is 0 Å². The van der Waals surface area contributed by atoms with E-state index in [1.165, 1.54) is 32.4 Å². The number of carbonyl (C=O) groups excluding carboxylic acids is 1. The SMILES string of the molecule is CCNC(=NCCN1CCCCC1)NC1CCN(C(=O)OCC)CC1. The van der Waals surface area contributed by atoms with E-state index in [1.807, 2.05) is 6.92 Å². The lowest BCUT2D eigenvalue weighted by molar-refractivity contribution is 0.0963. The Kier molecular flexibility index (Phi) is 8.86. The number of ether oxygens (including phenoxy) is 1. The van der Waals surface area contributed by atoms with Crippen molar-refractivity contribution in [3.8, 4) is 0 Å². The first-order valence-corrected chi connectivity index (χ1v) is 9.91. The quantitative estimate of drug-likeness (QED) is 0.561. The molecule has 0 saturated carbocycles. The lowest BCUT2D eigenvalue weighted by Crippen LogP contribution is -2.50. The second kappa shape index (κ2) is 11.2. The molecule has 7 nitrogen and oxygen atoms in total. The highest BCUT2D eigenvalue weighted by Crippen LogP contribution is 2.11. The monoisotopic (exact) mass is 353 g/mol. The topological polar surface area (TPSA) is 69.2 Å². The third kappa shape index (κ3) is 7.10. The van der Waals surface area contributed by atoms with Crippen LogP contribution in [-0.2, 0) is 4.74 Å². The van der Waals surface area contributed by atoms with E-state index in [0.29, 0.717) is 12.6 Å². The molecule has 2 aliphatic heterocycles. The summed E-state index contributed by atoms with van der Waals surface area (Å²) in [7, 11) is 0. The van der Waals surface area contributed by atoms with Crippen LogP contribution in [0.25, 0.3) is 0 Å². The van der Waals surface area contributed by atoms with Gasteiger partial charge in [0.15, 0.2) is 5.96 Å². The molecule has 2 fully saturated rings. The molecule has 2 rings (SSSR count). The molecule has 7 heteroatoms. The zero-order valence-electron chi connectivity index (χ0n) is 15.9. The van der Waals surface area contributed by atoms with Crippen LogP contribution in [0.2, 0.25) is 0 Å². The fraction of sp³-hybridized carbons (Fsp3) is 0.889. The van der Waals surface area contributed by atoms with E-state index in [9.17, 15) is 4.79 Å². The molecule has 0 aromatic carbocycles. The summed E-state index contributed by atoms with van der Waals surface area (Å²) in [5, 5.41) is 6.86. The molecule has 0 atom stereocenters. The van der Waals surface area contributed by atoms with E-state index >= 15 is 0 Å². The van der Waals surface area contributed by atoms with E-state index in [4.69, 9.17) is 9.73 Å². The van der Waals surface area contributed by atoms with Gasteiger partial charge in [-0.3, -0.25) is 4.99 Å². The summed E-state index contributed by atoms with van der Waals surface area (Å²) in [5.74, 6) is 0.897. The van der Waals surface area contributed by atoms with Crippen LogP contribution in [0.15, 0.2) is 4.99 Å². The summed E-state index contributed by atoms with van der Waals surface area (Å²) in [6, 6.07) is 0.360. The zero-order valence-corrected chi connectivity index (χ0v) is 15.9. The minimum absolute atomic E-state index is 0.192. The van der Waals surface area contributed by atoms with E-state index in [-0.39, 0.29) is 6.09 Å². The Morgan fingerprint density at radius 2 is 1.84 bits per heavy atom. The lowest BCUT2D eigenvalue weighted by Gasteiger charge is -2.32. The van der Waals surface area contributed by atoms with Crippen LogP contribution < -0.4 is 10.6 Å². The molecule has 0 radical (unpaired) electrons. The van der Waals surface area contributed by atoms with Gasteiger partial charge in [0, 0.05) is 32.2 Å². The van der Waals surface area contributed by atoms with Gasteiger partial charge in [-0.2, -0.15) is 0 Å². The summed E-state index contributed by atoms with van der Waals surface area (Å²) in [4.78, 5) is 20.8. The molecule has 0 aliphatic carbocycles. The van der Waals surface area contributed by atoms with Crippen molar-refractivity contribution in [1.29, 1.82) is 0 Å². The molecule has 0 aromatic rings. The van der Waals surface area contributed by atoms with Crippen LogP contribution in [0.5, 0.6) is 0 Å². The number of rotatable bonds is 6. The van der Waals surface area contributed by atoms with Crippen molar-refractivity contribution in [3.63, 3.8) is 0 Å². The van der Waals surface area contributed by atoms with Crippen molar-refractivity contribution < 1.29 is 9.53 Å². The second-order valence-electron chi connectivity index (χ2n) is 6.77. The Morgan fingerprint density at radius 1 is 1.12 bits per heavy atom. The minimum Gasteiger partial charge on any atom is -0.450 e. The average molecular weight is 354 g/mol. The summed E-state index contributed by atoms with van der Waals surface area (Å²) < 4.78 is 5.07. The molecule has 2 saturated heterocycles. The van der Waals surface area contributed by atoms with Crippen LogP contribution in [0.3, 0.4) is 0 Å². The van der Waals surface area contributed by atoms with Crippen LogP contribution >= 0.6 is 0 Å². The molecule has 1 amide bonds. The van der Waals surface area contributed by atoms with Gasteiger partial charge in [0.25, 0.3) is 0 Å². The molecule has 0 unspecified atom stereocenters. The predicted molar refractivity (Wildman–Crippen MR) is 101 cm³/mol. The van der Waals surface area contributed by atoms with Crippen LogP contribution in [0.4, 0.5) is 4.79 Å². The van der Waals surface area contributed by atoms with Crippen molar-refractivity contribution in [3.05, 3.63) is 0 Å². The third-order valence-corrected chi connectivity index (χ3v) is 4.84. The lowest BCUT2D eigenvalue weighted by atomic mass is 10.1. The number of piperidine rings is 2. The molecule has 0 aromatic heterocycles. The van der Waals surface area contributed by atoms with Gasteiger partial charge in [-0.1, -0.05) is 6.42 Å². The Hall–Kier alpha value is -1.50. The number of amides is 1. The highest BCUT2D eigenvalue weighted by atomic mass is 16.6. The van der Waals surface area contributed by atoms with E-state index in [0.717, 1.165) is 51.5 Å². The van der Waals surface area contributed by atoms with Crippen LogP contribution in [-0.4, -0.2) is 80.3 Å². The minimum atomic E-state index is -0.192. The van der Waals surface area contributed by atoms with Gasteiger partial charge in [-0.15, -0.1) is 0 Å². The number of aliphatic imine (C=N–C) groups is 1. The van der Waals surface area contributed by atoms with Gasteiger partial charge in [-0.05, 0) is 52.6 Å². The molecule has 25 heavy (non-hydrogen) atoms. The number of likely N-dealkylation sites (tertiary alicyclic amines) is 2. The number of nitrogens with zero attached hydrogens (tertiary/aromatic N) is 3. The van der Waals surface area contributed by atoms with Gasteiger partial charge >= 0.3 is 6.09 Å². The molecule has 2 aliphatic rings. The zero-order chi connectivity index (χ0) is 17.9. The van der Waals surface area contributed by atoms with Gasteiger partial charge in [-0.25, -0.2) is 4.79 Å². The molecule has 2 N–H and O–H groups in total. The fourth-order valence-electron chi connectivity index (χ4n) is 3.42. The van der Waals surface area contributed by atoms with E-state index in [2.05, 4.69) is 22.5 Å². The summed E-state index contributed by atoms with van der Waals surface area (Å²) >= 11 is 0. The van der Waals surface area contributed by atoms with Crippen molar-refractivity contribution in [1.82, 2.24) is 20.4 Å². The fourth-order valence-corrected chi connectivity index (χ4v) is 3.42. The van der Waals surface area contributed by atoms with Crippen LogP contribution in [0, 0.1) is 0 Å². The Bertz CT molecular complexity index is 416. The highest BCUT2D eigenvalue weighted by Gasteiger charge is 2.24. The maximum Gasteiger partial charge on any atom is 0.409 e. The second-order valence-corrected chi connectivity index (χ2v) is 6.77. The van der Waals surface area contributed by atoms with Crippen molar-refractivity contribution in [2.45, 2.75) is 52.0 Å². The van der Waals surface area contributed by atoms with Gasteiger partial charge in [0.1, 0.15) is 0 Å². The number of guanidine groups is 1. The van der Waals surface area contributed by atoms with Crippen LogP contribution in [0.1, 0.15) is 46.0 Å².